The van der Waals surface area contributed by atoms with E-state index in [4.69, 9.17) is 0 Å². The summed E-state index contributed by atoms with van der Waals surface area (Å²) in [6.07, 6.45) is 3.27. The highest BCUT2D eigenvalue weighted by molar-refractivity contribution is 7.13. The quantitative estimate of drug-likeness (QED) is 0.729. The number of amides is 1. The van der Waals surface area contributed by atoms with Crippen molar-refractivity contribution in [2.45, 2.75) is 31.8 Å². The number of fused-ring (bicyclic) bond motifs is 1. The number of aromatic amines is 1. The molecule has 140 valence electrons. The van der Waals surface area contributed by atoms with Crippen LogP contribution in [0.3, 0.4) is 0 Å². The van der Waals surface area contributed by atoms with Crippen molar-refractivity contribution in [1.82, 2.24) is 20.0 Å². The van der Waals surface area contributed by atoms with Crippen molar-refractivity contribution in [3.8, 4) is 10.6 Å². The van der Waals surface area contributed by atoms with Gasteiger partial charge < -0.3 is 4.90 Å². The average Bonchev–Trinajstić information content (AvgIpc) is 3.48. The van der Waals surface area contributed by atoms with Crippen LogP contribution in [0.1, 0.15) is 33.8 Å². The van der Waals surface area contributed by atoms with Crippen LogP contribution < -0.4 is 0 Å². The van der Waals surface area contributed by atoms with Crippen LogP contribution in [0.2, 0.25) is 0 Å². The van der Waals surface area contributed by atoms with Gasteiger partial charge in [0, 0.05) is 37.1 Å². The predicted molar refractivity (Wildman–Crippen MR) is 109 cm³/mol. The molecule has 0 aliphatic carbocycles. The molecular formula is C20H22N4OS2. The Labute approximate surface area is 166 Å². The molecule has 0 spiro atoms. The van der Waals surface area contributed by atoms with E-state index in [1.54, 1.807) is 16.2 Å². The summed E-state index contributed by atoms with van der Waals surface area (Å²) in [5.41, 5.74) is 2.95. The van der Waals surface area contributed by atoms with Crippen LogP contribution >= 0.6 is 22.7 Å². The number of carbonyl (C=O) groups is 1. The van der Waals surface area contributed by atoms with Crippen LogP contribution in [0, 0.1) is 0 Å². The normalized spacial score (nSPS) is 18.6. The maximum absolute atomic E-state index is 12.8. The topological polar surface area (TPSA) is 52.2 Å². The first-order chi connectivity index (χ1) is 13.3. The minimum atomic E-state index is 0.0475. The molecule has 3 aromatic rings. The first-order valence-electron chi connectivity index (χ1n) is 9.46. The highest BCUT2D eigenvalue weighted by Crippen LogP contribution is 2.29. The lowest BCUT2D eigenvalue weighted by molar-refractivity contribution is 0.0595. The molecule has 7 heteroatoms. The number of nitrogens with one attached hydrogen (secondary N) is 1. The number of thiophene rings is 2. The number of likely N-dealkylation sites (tertiary alicyclic amines) is 1. The Morgan fingerprint density at radius 3 is 2.85 bits per heavy atom. The molecule has 3 aromatic heterocycles. The fourth-order valence-corrected chi connectivity index (χ4v) is 5.75. The Morgan fingerprint density at radius 2 is 2.04 bits per heavy atom. The van der Waals surface area contributed by atoms with Gasteiger partial charge in [0.15, 0.2) is 5.69 Å². The Kier molecular flexibility index (Phi) is 4.59. The number of rotatable bonds is 3. The van der Waals surface area contributed by atoms with Crippen molar-refractivity contribution >= 4 is 28.6 Å². The third-order valence-corrected chi connectivity index (χ3v) is 7.62. The van der Waals surface area contributed by atoms with Crippen LogP contribution in [0.4, 0.5) is 0 Å². The smallest absolute Gasteiger partial charge is 0.274 e. The standard InChI is InChI=1S/C20H22N4OS2/c25-20(17-12-16(21-22-17)19-2-1-10-26-19)23-7-3-15(4-8-23)24-9-5-18-14(13-24)6-11-27-18/h1-2,6,10-12,15H,3-5,7-9,13H2,(H,21,22). The first kappa shape index (κ1) is 17.2. The fraction of sp³-hybridized carbons (Fsp3) is 0.400. The van der Waals surface area contributed by atoms with Crippen LogP contribution in [-0.2, 0) is 13.0 Å². The Morgan fingerprint density at radius 1 is 1.15 bits per heavy atom. The maximum Gasteiger partial charge on any atom is 0.274 e. The van der Waals surface area contributed by atoms with Gasteiger partial charge in [0.05, 0.1) is 10.6 Å². The van der Waals surface area contributed by atoms with Crippen LogP contribution in [0.15, 0.2) is 35.0 Å². The van der Waals surface area contributed by atoms with Gasteiger partial charge in [-0.25, -0.2) is 0 Å². The van der Waals surface area contributed by atoms with E-state index in [1.807, 2.05) is 39.8 Å². The van der Waals surface area contributed by atoms with E-state index in [1.165, 1.54) is 12.0 Å². The monoisotopic (exact) mass is 398 g/mol. The third kappa shape index (κ3) is 3.35. The Balaban J connectivity index is 1.20. The summed E-state index contributed by atoms with van der Waals surface area (Å²) in [4.78, 5) is 20.1. The van der Waals surface area contributed by atoms with E-state index < -0.39 is 0 Å². The summed E-state index contributed by atoms with van der Waals surface area (Å²) in [7, 11) is 0. The second-order valence-electron chi connectivity index (χ2n) is 7.26. The molecule has 5 heterocycles. The number of piperidine rings is 1. The molecule has 0 saturated carbocycles. The summed E-state index contributed by atoms with van der Waals surface area (Å²) < 4.78 is 0. The highest BCUT2D eigenvalue weighted by atomic mass is 32.1. The SMILES string of the molecule is O=C(c1cc(-c2cccs2)[nH]n1)N1CCC(N2CCc3sccc3C2)CC1. The van der Waals surface area contributed by atoms with E-state index in [9.17, 15) is 4.79 Å². The molecule has 0 bridgehead atoms. The van der Waals surface area contributed by atoms with E-state index in [2.05, 4.69) is 26.5 Å². The zero-order chi connectivity index (χ0) is 18.2. The fourth-order valence-electron chi connectivity index (χ4n) is 4.17. The minimum Gasteiger partial charge on any atom is -0.337 e. The average molecular weight is 399 g/mol. The second kappa shape index (κ2) is 7.22. The number of hydrogen-bond acceptors (Lipinski definition) is 5. The third-order valence-electron chi connectivity index (χ3n) is 5.69. The van der Waals surface area contributed by atoms with Crippen molar-refractivity contribution in [3.05, 3.63) is 51.2 Å². The van der Waals surface area contributed by atoms with Gasteiger partial charge >= 0.3 is 0 Å². The lowest BCUT2D eigenvalue weighted by atomic mass is 9.99. The highest BCUT2D eigenvalue weighted by Gasteiger charge is 2.30. The zero-order valence-electron chi connectivity index (χ0n) is 15.1. The second-order valence-corrected chi connectivity index (χ2v) is 9.21. The zero-order valence-corrected chi connectivity index (χ0v) is 16.7. The molecule has 1 N–H and O–H groups in total. The summed E-state index contributed by atoms with van der Waals surface area (Å²) in [5.74, 6) is 0.0475. The molecule has 1 amide bonds. The Bertz CT molecular complexity index is 922. The molecule has 2 aliphatic heterocycles. The van der Waals surface area contributed by atoms with Crippen molar-refractivity contribution in [3.63, 3.8) is 0 Å². The molecule has 2 aliphatic rings. The summed E-state index contributed by atoms with van der Waals surface area (Å²) >= 11 is 3.54. The van der Waals surface area contributed by atoms with Gasteiger partial charge in [0.2, 0.25) is 0 Å². The lowest BCUT2D eigenvalue weighted by Crippen LogP contribution is -2.48. The molecule has 1 saturated heterocycles. The van der Waals surface area contributed by atoms with Crippen molar-refractivity contribution in [2.24, 2.45) is 0 Å². The molecular weight excluding hydrogens is 376 g/mol. The molecule has 0 atom stereocenters. The summed E-state index contributed by atoms with van der Waals surface area (Å²) in [6.45, 7) is 3.85. The molecule has 1 fully saturated rings. The van der Waals surface area contributed by atoms with Crippen molar-refractivity contribution in [2.75, 3.05) is 19.6 Å². The first-order valence-corrected chi connectivity index (χ1v) is 11.2. The van der Waals surface area contributed by atoms with Gasteiger partial charge in [0.1, 0.15) is 0 Å². The van der Waals surface area contributed by atoms with E-state index >= 15 is 0 Å². The van der Waals surface area contributed by atoms with Crippen molar-refractivity contribution in [1.29, 1.82) is 0 Å². The van der Waals surface area contributed by atoms with Gasteiger partial charge in [-0.3, -0.25) is 14.8 Å². The molecule has 0 radical (unpaired) electrons. The van der Waals surface area contributed by atoms with E-state index in [0.717, 1.165) is 49.6 Å². The predicted octanol–water partition coefficient (Wildman–Crippen LogP) is 3.86. The molecule has 5 nitrogen and oxygen atoms in total. The minimum absolute atomic E-state index is 0.0475. The number of hydrogen-bond donors (Lipinski definition) is 1. The molecule has 0 unspecified atom stereocenters. The Hall–Kier alpha value is -1.96. The lowest BCUT2D eigenvalue weighted by Gasteiger charge is -2.40. The molecule has 0 aromatic carbocycles. The van der Waals surface area contributed by atoms with Gasteiger partial charge in [0.25, 0.3) is 5.91 Å². The largest absolute Gasteiger partial charge is 0.337 e. The molecule has 5 rings (SSSR count). The summed E-state index contributed by atoms with van der Waals surface area (Å²) in [6, 6.07) is 8.78. The van der Waals surface area contributed by atoms with E-state index in [0.29, 0.717) is 11.7 Å². The van der Waals surface area contributed by atoms with Crippen molar-refractivity contribution < 1.29 is 4.79 Å². The van der Waals surface area contributed by atoms with Crippen LogP contribution in [0.25, 0.3) is 10.6 Å². The van der Waals surface area contributed by atoms with Crippen LogP contribution in [-0.4, -0.2) is 51.6 Å². The van der Waals surface area contributed by atoms with Gasteiger partial charge in [-0.1, -0.05) is 6.07 Å². The molecule has 27 heavy (non-hydrogen) atoms. The number of nitrogens with zero attached hydrogens (tertiary/aromatic N) is 3. The van der Waals surface area contributed by atoms with Crippen LogP contribution in [0.5, 0.6) is 0 Å². The number of carbonyl (C=O) groups excluding carboxylic acids is 1. The maximum atomic E-state index is 12.8. The number of H-pyrrole nitrogens is 1. The van der Waals surface area contributed by atoms with Gasteiger partial charge in [-0.15, -0.1) is 22.7 Å². The number of aromatic nitrogens is 2. The van der Waals surface area contributed by atoms with E-state index in [-0.39, 0.29) is 5.91 Å². The summed E-state index contributed by atoms with van der Waals surface area (Å²) in [5, 5.41) is 11.5. The van der Waals surface area contributed by atoms with Gasteiger partial charge in [-0.05, 0) is 53.8 Å². The van der Waals surface area contributed by atoms with Gasteiger partial charge in [-0.2, -0.15) is 5.10 Å².